The molecule has 0 radical (unpaired) electrons. The van der Waals surface area contributed by atoms with E-state index < -0.39 is 0 Å². The number of fused-ring (bicyclic) bond motifs is 1. The number of rotatable bonds is 1. The Hall–Kier alpha value is 0.130. The second-order valence-corrected chi connectivity index (χ2v) is 5.39. The number of hydrogen-bond acceptors (Lipinski definition) is 1. The van der Waals surface area contributed by atoms with Gasteiger partial charge in [0.05, 0.1) is 10.5 Å². The summed E-state index contributed by atoms with van der Waals surface area (Å²) >= 11 is 8.48. The fraction of sp³-hybridized carbons (Fsp3) is 0.200. The van der Waals surface area contributed by atoms with Crippen LogP contribution in [-0.2, 0) is 0 Å². The molecule has 1 aromatic heterocycles. The molecule has 0 atom stereocenters. The zero-order valence-corrected chi connectivity index (χ0v) is 11.6. The lowest BCUT2D eigenvalue weighted by molar-refractivity contribution is 1.34. The van der Waals surface area contributed by atoms with E-state index >= 15 is 0 Å². The Labute approximate surface area is 105 Å². The molecule has 74 valence electrons. The van der Waals surface area contributed by atoms with Gasteiger partial charge in [-0.3, -0.25) is 3.97 Å². The van der Waals surface area contributed by atoms with Crippen LogP contribution in [0.1, 0.15) is 11.1 Å². The highest BCUT2D eigenvalue weighted by Crippen LogP contribution is 2.33. The van der Waals surface area contributed by atoms with Gasteiger partial charge in [0.2, 0.25) is 0 Å². The van der Waals surface area contributed by atoms with Crippen LogP contribution in [-0.4, -0.2) is 3.97 Å². The molecule has 4 heteroatoms. The second kappa shape index (κ2) is 3.94. The highest BCUT2D eigenvalue weighted by atomic mass is 127. The summed E-state index contributed by atoms with van der Waals surface area (Å²) in [4.78, 5) is 0. The fourth-order valence-corrected chi connectivity index (χ4v) is 3.35. The van der Waals surface area contributed by atoms with Crippen molar-refractivity contribution in [1.29, 1.82) is 0 Å². The first-order valence-electron chi connectivity index (χ1n) is 4.21. The van der Waals surface area contributed by atoms with Gasteiger partial charge in [0.15, 0.2) is 0 Å². The Balaban J connectivity index is 2.90. The maximum Gasteiger partial charge on any atom is 0.0787 e. The van der Waals surface area contributed by atoms with E-state index in [1.54, 1.807) is 9.12 Å². The van der Waals surface area contributed by atoms with Crippen molar-refractivity contribution in [2.24, 2.45) is 0 Å². The lowest BCUT2D eigenvalue weighted by Crippen LogP contribution is -1.86. The molecule has 0 saturated carbocycles. The largest absolute Gasteiger partial charge is 0.281 e. The zero-order chi connectivity index (χ0) is 10.3. The summed E-state index contributed by atoms with van der Waals surface area (Å²) in [7, 11) is 1.64. The number of hydrogen-bond donors (Lipinski definition) is 0. The van der Waals surface area contributed by atoms with E-state index in [0.717, 1.165) is 10.5 Å². The molecular formula is C10H9ClINS. The highest BCUT2D eigenvalue weighted by Gasteiger charge is 2.09. The Kier molecular flexibility index (Phi) is 3.00. The number of aromatic nitrogens is 1. The van der Waals surface area contributed by atoms with Crippen LogP contribution in [0.15, 0.2) is 18.3 Å². The van der Waals surface area contributed by atoms with Crippen molar-refractivity contribution < 1.29 is 0 Å². The van der Waals surface area contributed by atoms with Gasteiger partial charge in [-0.25, -0.2) is 0 Å². The molecule has 2 aromatic rings. The molecule has 0 saturated heterocycles. The summed E-state index contributed by atoms with van der Waals surface area (Å²) in [5.41, 5.74) is 3.68. The summed E-state index contributed by atoms with van der Waals surface area (Å²) in [6.45, 7) is 4.23. The molecule has 1 aromatic carbocycles. The van der Waals surface area contributed by atoms with Crippen LogP contribution in [0.25, 0.3) is 10.9 Å². The van der Waals surface area contributed by atoms with Gasteiger partial charge in [0.25, 0.3) is 0 Å². The predicted molar refractivity (Wildman–Crippen MR) is 73.4 cm³/mol. The molecule has 0 amide bonds. The summed E-state index contributed by atoms with van der Waals surface area (Å²) in [6.07, 6.45) is 2.06. The Morgan fingerprint density at radius 3 is 2.79 bits per heavy atom. The summed E-state index contributed by atoms with van der Waals surface area (Å²) in [5.74, 6) is 0. The standard InChI is InChI=1S/C10H9ClINS/c1-6-5-9(11)10-8(7(6)2)3-4-13(10)14-12/h3-5H,1-2H3. The van der Waals surface area contributed by atoms with Gasteiger partial charge in [0, 0.05) is 41.9 Å². The third-order valence-corrected chi connectivity index (χ3v) is 4.51. The van der Waals surface area contributed by atoms with Crippen LogP contribution in [0.3, 0.4) is 0 Å². The average molecular weight is 338 g/mol. The lowest BCUT2D eigenvalue weighted by atomic mass is 10.1. The molecule has 2 rings (SSSR count). The van der Waals surface area contributed by atoms with E-state index in [2.05, 4.69) is 51.3 Å². The Morgan fingerprint density at radius 1 is 1.43 bits per heavy atom. The lowest BCUT2D eigenvalue weighted by Gasteiger charge is -2.06. The van der Waals surface area contributed by atoms with Crippen molar-refractivity contribution in [2.75, 3.05) is 0 Å². The van der Waals surface area contributed by atoms with Crippen LogP contribution in [0.5, 0.6) is 0 Å². The van der Waals surface area contributed by atoms with Gasteiger partial charge in [-0.1, -0.05) is 11.6 Å². The normalized spacial score (nSPS) is 11.1. The molecule has 1 nitrogen and oxygen atoms in total. The van der Waals surface area contributed by atoms with Crippen molar-refractivity contribution in [3.8, 4) is 0 Å². The fourth-order valence-electron chi connectivity index (χ4n) is 1.59. The first kappa shape index (κ1) is 10.6. The topological polar surface area (TPSA) is 4.93 Å². The molecule has 0 bridgehead atoms. The Morgan fingerprint density at radius 2 is 2.14 bits per heavy atom. The van der Waals surface area contributed by atoms with E-state index in [0.29, 0.717) is 0 Å². The van der Waals surface area contributed by atoms with E-state index in [1.807, 2.05) is 6.07 Å². The second-order valence-electron chi connectivity index (χ2n) is 3.27. The maximum absolute atomic E-state index is 6.22. The monoisotopic (exact) mass is 337 g/mol. The quantitative estimate of drug-likeness (QED) is 0.679. The number of nitrogens with zero attached hydrogens (tertiary/aromatic N) is 1. The molecule has 0 fully saturated rings. The van der Waals surface area contributed by atoms with E-state index in [4.69, 9.17) is 11.6 Å². The molecule has 0 aliphatic heterocycles. The Bertz CT molecular complexity index is 492. The summed E-state index contributed by atoms with van der Waals surface area (Å²) in [5, 5.41) is 2.08. The highest BCUT2D eigenvalue weighted by molar-refractivity contribution is 14.2. The van der Waals surface area contributed by atoms with Crippen molar-refractivity contribution in [3.05, 3.63) is 34.5 Å². The minimum Gasteiger partial charge on any atom is -0.281 e. The molecule has 0 aliphatic rings. The van der Waals surface area contributed by atoms with E-state index in [-0.39, 0.29) is 0 Å². The van der Waals surface area contributed by atoms with Gasteiger partial charge >= 0.3 is 0 Å². The third kappa shape index (κ3) is 1.55. The molecule has 0 aliphatic carbocycles. The van der Waals surface area contributed by atoms with Crippen molar-refractivity contribution in [2.45, 2.75) is 13.8 Å². The van der Waals surface area contributed by atoms with Crippen LogP contribution in [0.2, 0.25) is 5.02 Å². The molecule has 0 N–H and O–H groups in total. The van der Waals surface area contributed by atoms with Gasteiger partial charge in [-0.05, 0) is 37.1 Å². The van der Waals surface area contributed by atoms with Gasteiger partial charge in [-0.15, -0.1) is 0 Å². The molecule has 0 spiro atoms. The smallest absolute Gasteiger partial charge is 0.0787 e. The van der Waals surface area contributed by atoms with Crippen LogP contribution < -0.4 is 0 Å². The van der Waals surface area contributed by atoms with Crippen LogP contribution in [0, 0.1) is 13.8 Å². The zero-order valence-electron chi connectivity index (χ0n) is 7.84. The van der Waals surface area contributed by atoms with Gasteiger partial charge in [0.1, 0.15) is 0 Å². The summed E-state index contributed by atoms with van der Waals surface area (Å²) < 4.78 is 2.09. The van der Waals surface area contributed by atoms with Crippen molar-refractivity contribution in [3.63, 3.8) is 0 Å². The third-order valence-electron chi connectivity index (χ3n) is 2.49. The van der Waals surface area contributed by atoms with Crippen molar-refractivity contribution >= 4 is 52.8 Å². The first-order chi connectivity index (χ1) is 6.65. The van der Waals surface area contributed by atoms with E-state index in [1.165, 1.54) is 16.5 Å². The maximum atomic E-state index is 6.22. The number of aryl methyl sites for hydroxylation is 2. The van der Waals surface area contributed by atoms with Crippen LogP contribution in [0.4, 0.5) is 0 Å². The minimum atomic E-state index is 0.831. The number of benzene rings is 1. The van der Waals surface area contributed by atoms with Crippen LogP contribution >= 0.6 is 41.9 Å². The molecule has 14 heavy (non-hydrogen) atoms. The number of halogens is 2. The molecule has 0 unspecified atom stereocenters. The SMILES string of the molecule is Cc1cc(Cl)c2c(ccn2SI)c1C. The molecule has 1 heterocycles. The minimum absolute atomic E-state index is 0.831. The first-order valence-corrected chi connectivity index (χ1v) is 7.90. The predicted octanol–water partition coefficient (Wildman–Crippen LogP) is 4.76. The van der Waals surface area contributed by atoms with Gasteiger partial charge in [-0.2, -0.15) is 0 Å². The average Bonchev–Trinajstić information content (AvgIpc) is 2.58. The van der Waals surface area contributed by atoms with E-state index in [9.17, 15) is 0 Å². The van der Waals surface area contributed by atoms with Gasteiger partial charge < -0.3 is 0 Å². The van der Waals surface area contributed by atoms with Crippen molar-refractivity contribution in [1.82, 2.24) is 3.97 Å². The summed E-state index contributed by atoms with van der Waals surface area (Å²) in [6, 6.07) is 4.15. The molecular weight excluding hydrogens is 329 g/mol.